The molecule has 0 aliphatic heterocycles. The second-order valence-corrected chi connectivity index (χ2v) is 11.0. The molecule has 0 heterocycles. The predicted molar refractivity (Wildman–Crippen MR) is 144 cm³/mol. The van der Waals surface area contributed by atoms with Crippen molar-refractivity contribution in [1.29, 1.82) is 0 Å². The molecule has 0 fully saturated rings. The van der Waals surface area contributed by atoms with Gasteiger partial charge in [0.05, 0.1) is 32.8 Å². The number of ketones is 1. The third-order valence-corrected chi connectivity index (χ3v) is 5.52. The number of carbonyl (C=O) groups is 5. The van der Waals surface area contributed by atoms with Crippen molar-refractivity contribution in [1.82, 2.24) is 21.3 Å². The SMILES string of the molecule is CC(=O)CNC(=O)[C@H](Cc1ccccc1)NC(=O)CNC(=O)CNC(=O)CC(C)(C)COCC(C)(C)CN. The second-order valence-electron chi connectivity index (χ2n) is 11.0. The van der Waals surface area contributed by atoms with Gasteiger partial charge in [0.1, 0.15) is 11.8 Å². The Morgan fingerprint density at radius 2 is 1.39 bits per heavy atom. The summed E-state index contributed by atoms with van der Waals surface area (Å²) in [7, 11) is 0. The quantitative estimate of drug-likeness (QED) is 0.189. The molecule has 1 rings (SSSR count). The van der Waals surface area contributed by atoms with Crippen molar-refractivity contribution < 1.29 is 28.7 Å². The second kappa shape index (κ2) is 15.8. The molecule has 0 aliphatic rings. The van der Waals surface area contributed by atoms with Crippen molar-refractivity contribution >= 4 is 29.4 Å². The summed E-state index contributed by atoms with van der Waals surface area (Å²) in [6.07, 6.45) is 0.365. The van der Waals surface area contributed by atoms with E-state index in [1.807, 2.05) is 58.0 Å². The first-order valence-corrected chi connectivity index (χ1v) is 12.6. The molecule has 0 aromatic heterocycles. The fourth-order valence-electron chi connectivity index (χ4n) is 3.27. The number of nitrogens with one attached hydrogen (secondary N) is 4. The van der Waals surface area contributed by atoms with Crippen LogP contribution in [-0.4, -0.2) is 74.8 Å². The number of rotatable bonds is 17. The molecule has 0 unspecified atom stereocenters. The van der Waals surface area contributed by atoms with E-state index in [1.54, 1.807) is 0 Å². The molecule has 0 aliphatic carbocycles. The summed E-state index contributed by atoms with van der Waals surface area (Å²) in [5, 5.41) is 10.1. The molecule has 0 spiro atoms. The lowest BCUT2D eigenvalue weighted by Crippen LogP contribution is -2.51. The van der Waals surface area contributed by atoms with Crippen LogP contribution in [0.3, 0.4) is 0 Å². The van der Waals surface area contributed by atoms with E-state index in [4.69, 9.17) is 10.5 Å². The van der Waals surface area contributed by atoms with Crippen LogP contribution < -0.4 is 27.0 Å². The molecular weight excluding hydrogens is 490 g/mol. The van der Waals surface area contributed by atoms with E-state index in [1.165, 1.54) is 6.92 Å². The Labute approximate surface area is 225 Å². The molecule has 1 aromatic rings. The Morgan fingerprint density at radius 3 is 2.00 bits per heavy atom. The lowest BCUT2D eigenvalue weighted by molar-refractivity contribution is -0.131. The highest BCUT2D eigenvalue weighted by atomic mass is 16.5. The number of Topliss-reactive ketones (excluding diaryl/α,β-unsaturated/α-hetero) is 1. The highest BCUT2D eigenvalue weighted by Gasteiger charge is 2.25. The minimum absolute atomic E-state index is 0.148. The van der Waals surface area contributed by atoms with E-state index in [-0.39, 0.29) is 49.6 Å². The van der Waals surface area contributed by atoms with Crippen molar-refractivity contribution in [3.63, 3.8) is 0 Å². The summed E-state index contributed by atoms with van der Waals surface area (Å²) in [6.45, 7) is 9.63. The third-order valence-electron chi connectivity index (χ3n) is 5.52. The Morgan fingerprint density at radius 1 is 0.816 bits per heavy atom. The molecule has 0 bridgehead atoms. The highest BCUT2D eigenvalue weighted by Crippen LogP contribution is 2.22. The first kappa shape index (κ1) is 32.7. The Balaban J connectivity index is 2.48. The molecule has 0 radical (unpaired) electrons. The number of hydrogen-bond acceptors (Lipinski definition) is 7. The first-order valence-electron chi connectivity index (χ1n) is 12.6. The van der Waals surface area contributed by atoms with Gasteiger partial charge in [0.15, 0.2) is 0 Å². The maximum Gasteiger partial charge on any atom is 0.243 e. The molecule has 6 N–H and O–H groups in total. The average Bonchev–Trinajstić information content (AvgIpc) is 2.84. The normalized spacial score (nSPS) is 12.3. The van der Waals surface area contributed by atoms with Gasteiger partial charge in [-0.1, -0.05) is 58.0 Å². The average molecular weight is 534 g/mol. The molecule has 1 aromatic carbocycles. The fourth-order valence-corrected chi connectivity index (χ4v) is 3.27. The van der Waals surface area contributed by atoms with Gasteiger partial charge in [0, 0.05) is 18.3 Å². The fraction of sp³-hybridized carbons (Fsp3) is 0.593. The zero-order chi connectivity index (χ0) is 28.8. The van der Waals surface area contributed by atoms with Gasteiger partial charge in [0.25, 0.3) is 0 Å². The Bertz CT molecular complexity index is 949. The number of hydrogen-bond donors (Lipinski definition) is 5. The molecule has 0 saturated heterocycles. The van der Waals surface area contributed by atoms with Crippen molar-refractivity contribution in [3.05, 3.63) is 35.9 Å². The lowest BCUT2D eigenvalue weighted by atomic mass is 9.89. The monoisotopic (exact) mass is 533 g/mol. The van der Waals surface area contributed by atoms with Crippen LogP contribution >= 0.6 is 0 Å². The standard InChI is InChI=1S/C27H43N5O6/c1-19(33)13-31-25(37)21(11-20-9-7-6-8-10-20)32-24(36)15-30-23(35)14-29-22(34)12-26(2,3)17-38-18-27(4,5)16-28/h6-10,21H,11-18,28H2,1-5H3,(H,29,34)(H,30,35)(H,31,37)(H,32,36)/t21-/m0/s1. The van der Waals surface area contributed by atoms with E-state index in [0.717, 1.165) is 5.56 Å². The number of benzene rings is 1. The zero-order valence-electron chi connectivity index (χ0n) is 23.1. The maximum atomic E-state index is 12.5. The highest BCUT2D eigenvalue weighted by molar-refractivity contribution is 5.92. The topological polar surface area (TPSA) is 169 Å². The molecule has 38 heavy (non-hydrogen) atoms. The van der Waals surface area contributed by atoms with E-state index < -0.39 is 29.2 Å². The van der Waals surface area contributed by atoms with E-state index in [0.29, 0.717) is 19.8 Å². The molecule has 11 nitrogen and oxygen atoms in total. The zero-order valence-corrected chi connectivity index (χ0v) is 23.1. The van der Waals surface area contributed by atoms with E-state index >= 15 is 0 Å². The van der Waals surface area contributed by atoms with Crippen LogP contribution in [-0.2, 0) is 35.1 Å². The summed E-state index contributed by atoms with van der Waals surface area (Å²) in [5.41, 5.74) is 5.93. The van der Waals surface area contributed by atoms with Crippen molar-refractivity contribution in [2.24, 2.45) is 16.6 Å². The Hall–Kier alpha value is -3.31. The van der Waals surface area contributed by atoms with Gasteiger partial charge < -0.3 is 31.7 Å². The van der Waals surface area contributed by atoms with Crippen molar-refractivity contribution in [3.8, 4) is 0 Å². The predicted octanol–water partition coefficient (Wildman–Crippen LogP) is 0.0693. The van der Waals surface area contributed by atoms with Crippen LogP contribution in [0.25, 0.3) is 0 Å². The van der Waals surface area contributed by atoms with Crippen LogP contribution in [0.1, 0.15) is 46.6 Å². The minimum Gasteiger partial charge on any atom is -0.380 e. The van der Waals surface area contributed by atoms with Crippen LogP contribution in [0.4, 0.5) is 0 Å². The summed E-state index contributed by atoms with van der Waals surface area (Å²) in [4.78, 5) is 60.6. The maximum absolute atomic E-state index is 12.5. The molecule has 1 atom stereocenters. The lowest BCUT2D eigenvalue weighted by Gasteiger charge is -2.27. The van der Waals surface area contributed by atoms with Gasteiger partial charge in [-0.2, -0.15) is 0 Å². The van der Waals surface area contributed by atoms with Crippen LogP contribution in [0, 0.1) is 10.8 Å². The van der Waals surface area contributed by atoms with E-state index in [2.05, 4.69) is 21.3 Å². The van der Waals surface area contributed by atoms with Gasteiger partial charge in [-0.25, -0.2) is 0 Å². The first-order chi connectivity index (χ1) is 17.7. The largest absolute Gasteiger partial charge is 0.380 e. The Kier molecular flexibility index (Phi) is 13.6. The number of ether oxygens (including phenoxy) is 1. The van der Waals surface area contributed by atoms with Gasteiger partial charge >= 0.3 is 0 Å². The van der Waals surface area contributed by atoms with E-state index in [9.17, 15) is 24.0 Å². The van der Waals surface area contributed by atoms with Crippen molar-refractivity contribution in [2.75, 3.05) is 39.4 Å². The smallest absolute Gasteiger partial charge is 0.243 e. The summed E-state index contributed by atoms with van der Waals surface area (Å²) < 4.78 is 5.73. The summed E-state index contributed by atoms with van der Waals surface area (Å²) >= 11 is 0. The van der Waals surface area contributed by atoms with Crippen LogP contribution in [0.5, 0.6) is 0 Å². The van der Waals surface area contributed by atoms with Gasteiger partial charge in [-0.3, -0.25) is 24.0 Å². The summed E-state index contributed by atoms with van der Waals surface area (Å²) in [6, 6.07) is 8.16. The molecular formula is C27H43N5O6. The molecule has 212 valence electrons. The number of amides is 4. The van der Waals surface area contributed by atoms with Crippen LogP contribution in [0.2, 0.25) is 0 Å². The number of carbonyl (C=O) groups excluding carboxylic acids is 5. The van der Waals surface area contributed by atoms with Gasteiger partial charge in [0.2, 0.25) is 23.6 Å². The summed E-state index contributed by atoms with van der Waals surface area (Å²) in [5.74, 6) is -2.17. The van der Waals surface area contributed by atoms with Gasteiger partial charge in [-0.15, -0.1) is 0 Å². The minimum atomic E-state index is -0.930. The third kappa shape index (κ3) is 14.4. The van der Waals surface area contributed by atoms with Crippen LogP contribution in [0.15, 0.2) is 30.3 Å². The number of nitrogens with two attached hydrogens (primary N) is 1. The molecule has 11 heteroatoms. The van der Waals surface area contributed by atoms with Gasteiger partial charge in [-0.05, 0) is 24.4 Å². The molecule has 0 saturated carbocycles. The molecule has 4 amide bonds. The van der Waals surface area contributed by atoms with Crippen molar-refractivity contribution in [2.45, 2.75) is 53.5 Å².